The van der Waals surface area contributed by atoms with Crippen molar-refractivity contribution in [2.24, 2.45) is 5.92 Å². The fourth-order valence-corrected chi connectivity index (χ4v) is 3.10. The normalized spacial score (nSPS) is 23.6. The van der Waals surface area contributed by atoms with Gasteiger partial charge in [-0.05, 0) is 25.7 Å². The van der Waals surface area contributed by atoms with E-state index in [9.17, 15) is 14.4 Å². The van der Waals surface area contributed by atoms with E-state index in [0.29, 0.717) is 19.4 Å². The summed E-state index contributed by atoms with van der Waals surface area (Å²) in [6, 6.07) is -0.728. The molecular formula is C14H22N2O4. The molecule has 0 aromatic carbocycles. The molecule has 1 saturated carbocycles. The summed E-state index contributed by atoms with van der Waals surface area (Å²) < 4.78 is 0. The summed E-state index contributed by atoms with van der Waals surface area (Å²) in [5.41, 5.74) is 0. The van der Waals surface area contributed by atoms with E-state index in [1.807, 2.05) is 0 Å². The van der Waals surface area contributed by atoms with Crippen molar-refractivity contribution in [2.75, 3.05) is 13.1 Å². The van der Waals surface area contributed by atoms with Crippen LogP contribution in [0.2, 0.25) is 0 Å². The van der Waals surface area contributed by atoms with Gasteiger partial charge in [0.05, 0.1) is 6.54 Å². The summed E-state index contributed by atoms with van der Waals surface area (Å²) in [5.74, 6) is -1.30. The number of hydrogen-bond acceptors (Lipinski definition) is 3. The van der Waals surface area contributed by atoms with Crippen LogP contribution < -0.4 is 5.32 Å². The monoisotopic (exact) mass is 282 g/mol. The quantitative estimate of drug-likeness (QED) is 0.797. The largest absolute Gasteiger partial charge is 0.480 e. The number of aliphatic carboxylic acids is 1. The number of carbonyl (C=O) groups is 3. The number of carbonyl (C=O) groups excluding carboxylic acids is 2. The molecule has 6 heteroatoms. The van der Waals surface area contributed by atoms with E-state index in [2.05, 4.69) is 5.32 Å². The minimum atomic E-state index is -0.963. The highest BCUT2D eigenvalue weighted by Crippen LogP contribution is 2.23. The highest BCUT2D eigenvalue weighted by molar-refractivity contribution is 5.88. The SMILES string of the molecule is O=C(NCC(=O)N1CCC[C@@H]1C(=O)O)C1CCCCC1. The van der Waals surface area contributed by atoms with Crippen LogP contribution in [0.4, 0.5) is 0 Å². The van der Waals surface area contributed by atoms with Crippen molar-refractivity contribution in [2.45, 2.75) is 51.0 Å². The molecule has 2 aliphatic rings. The van der Waals surface area contributed by atoms with Gasteiger partial charge in [0.25, 0.3) is 0 Å². The summed E-state index contributed by atoms with van der Waals surface area (Å²) in [7, 11) is 0. The predicted octanol–water partition coefficient (Wildman–Crippen LogP) is 0.758. The molecule has 2 amide bonds. The number of carboxylic acids is 1. The zero-order chi connectivity index (χ0) is 14.5. The van der Waals surface area contributed by atoms with Crippen LogP contribution in [0.25, 0.3) is 0 Å². The second-order valence-corrected chi connectivity index (χ2v) is 5.64. The molecule has 1 aliphatic carbocycles. The zero-order valence-corrected chi connectivity index (χ0v) is 11.6. The van der Waals surface area contributed by atoms with Crippen LogP contribution in [0.1, 0.15) is 44.9 Å². The lowest BCUT2D eigenvalue weighted by Crippen LogP contribution is -2.46. The number of carboxylic acid groups (broad SMARTS) is 1. The van der Waals surface area contributed by atoms with E-state index in [-0.39, 0.29) is 24.3 Å². The number of hydrogen-bond donors (Lipinski definition) is 2. The molecule has 112 valence electrons. The van der Waals surface area contributed by atoms with Gasteiger partial charge in [0.2, 0.25) is 11.8 Å². The number of amides is 2. The molecular weight excluding hydrogens is 260 g/mol. The molecule has 0 aromatic heterocycles. The van der Waals surface area contributed by atoms with Gasteiger partial charge in [0.15, 0.2) is 0 Å². The first-order valence-corrected chi connectivity index (χ1v) is 7.39. The Morgan fingerprint density at radius 2 is 1.75 bits per heavy atom. The van der Waals surface area contributed by atoms with Crippen molar-refractivity contribution >= 4 is 17.8 Å². The van der Waals surface area contributed by atoms with Gasteiger partial charge in [0.1, 0.15) is 6.04 Å². The van der Waals surface area contributed by atoms with Crippen molar-refractivity contribution in [1.29, 1.82) is 0 Å². The first-order chi connectivity index (χ1) is 9.59. The maximum absolute atomic E-state index is 12.0. The highest BCUT2D eigenvalue weighted by atomic mass is 16.4. The maximum atomic E-state index is 12.0. The molecule has 1 saturated heterocycles. The van der Waals surface area contributed by atoms with Crippen molar-refractivity contribution in [3.63, 3.8) is 0 Å². The fraction of sp³-hybridized carbons (Fsp3) is 0.786. The summed E-state index contributed by atoms with van der Waals surface area (Å²) in [6.45, 7) is 0.383. The molecule has 2 fully saturated rings. The predicted molar refractivity (Wildman–Crippen MR) is 72.0 cm³/mol. The summed E-state index contributed by atoms with van der Waals surface area (Å²) in [5, 5.41) is 11.7. The van der Waals surface area contributed by atoms with E-state index in [4.69, 9.17) is 5.11 Å². The van der Waals surface area contributed by atoms with E-state index >= 15 is 0 Å². The summed E-state index contributed by atoms with van der Waals surface area (Å²) in [6.07, 6.45) is 6.30. The molecule has 0 bridgehead atoms. The Morgan fingerprint density at radius 1 is 1.05 bits per heavy atom. The van der Waals surface area contributed by atoms with Gasteiger partial charge in [-0.25, -0.2) is 4.79 Å². The third kappa shape index (κ3) is 3.49. The molecule has 0 radical (unpaired) electrons. The third-order valence-electron chi connectivity index (χ3n) is 4.25. The van der Waals surface area contributed by atoms with Gasteiger partial charge in [-0.2, -0.15) is 0 Å². The van der Waals surface area contributed by atoms with Crippen molar-refractivity contribution in [3.05, 3.63) is 0 Å². The third-order valence-corrected chi connectivity index (χ3v) is 4.25. The molecule has 0 aromatic rings. The number of nitrogens with one attached hydrogen (secondary N) is 1. The lowest BCUT2D eigenvalue weighted by molar-refractivity contribution is -0.148. The van der Waals surface area contributed by atoms with Crippen LogP contribution in [0.5, 0.6) is 0 Å². The van der Waals surface area contributed by atoms with E-state index in [0.717, 1.165) is 25.7 Å². The molecule has 1 aliphatic heterocycles. The minimum absolute atomic E-state index is 0.0189. The van der Waals surface area contributed by atoms with E-state index in [1.54, 1.807) is 0 Å². The Balaban J connectivity index is 1.79. The average Bonchev–Trinajstić information content (AvgIpc) is 2.95. The lowest BCUT2D eigenvalue weighted by Gasteiger charge is -2.23. The molecule has 2 N–H and O–H groups in total. The second kappa shape index (κ2) is 6.72. The van der Waals surface area contributed by atoms with Crippen LogP contribution in [0.3, 0.4) is 0 Å². The average molecular weight is 282 g/mol. The number of rotatable bonds is 4. The fourth-order valence-electron chi connectivity index (χ4n) is 3.10. The number of likely N-dealkylation sites (tertiary alicyclic amines) is 1. The first-order valence-electron chi connectivity index (χ1n) is 7.39. The molecule has 0 spiro atoms. The van der Waals surface area contributed by atoms with Crippen LogP contribution >= 0.6 is 0 Å². The van der Waals surface area contributed by atoms with Gasteiger partial charge < -0.3 is 15.3 Å². The molecule has 0 unspecified atom stereocenters. The van der Waals surface area contributed by atoms with Gasteiger partial charge in [0, 0.05) is 12.5 Å². The second-order valence-electron chi connectivity index (χ2n) is 5.64. The number of nitrogens with zero attached hydrogens (tertiary/aromatic N) is 1. The topological polar surface area (TPSA) is 86.7 Å². The summed E-state index contributed by atoms with van der Waals surface area (Å²) in [4.78, 5) is 36.3. The molecule has 1 heterocycles. The standard InChI is InChI=1S/C14H22N2O4/c17-12(16-8-4-7-11(16)14(19)20)9-15-13(18)10-5-2-1-3-6-10/h10-11H,1-9H2,(H,15,18)(H,19,20)/t11-/m1/s1. The zero-order valence-electron chi connectivity index (χ0n) is 11.6. The smallest absolute Gasteiger partial charge is 0.326 e. The lowest BCUT2D eigenvalue weighted by atomic mass is 9.89. The van der Waals surface area contributed by atoms with Crippen molar-refractivity contribution in [1.82, 2.24) is 10.2 Å². The van der Waals surface area contributed by atoms with Gasteiger partial charge in [-0.3, -0.25) is 9.59 Å². The van der Waals surface area contributed by atoms with Gasteiger partial charge >= 0.3 is 5.97 Å². The molecule has 2 rings (SSSR count). The first kappa shape index (κ1) is 14.8. The Labute approximate surface area is 118 Å². The van der Waals surface area contributed by atoms with Crippen LogP contribution in [-0.4, -0.2) is 46.9 Å². The Kier molecular flexibility index (Phi) is 4.98. The van der Waals surface area contributed by atoms with Crippen LogP contribution in [0.15, 0.2) is 0 Å². The van der Waals surface area contributed by atoms with Crippen LogP contribution in [-0.2, 0) is 14.4 Å². The van der Waals surface area contributed by atoms with Gasteiger partial charge in [-0.15, -0.1) is 0 Å². The highest BCUT2D eigenvalue weighted by Gasteiger charge is 2.34. The Bertz CT molecular complexity index is 391. The molecule has 1 atom stereocenters. The Morgan fingerprint density at radius 3 is 2.40 bits per heavy atom. The van der Waals surface area contributed by atoms with E-state index < -0.39 is 12.0 Å². The van der Waals surface area contributed by atoms with Crippen LogP contribution in [0, 0.1) is 5.92 Å². The minimum Gasteiger partial charge on any atom is -0.480 e. The molecule has 6 nitrogen and oxygen atoms in total. The van der Waals surface area contributed by atoms with Crippen molar-refractivity contribution in [3.8, 4) is 0 Å². The van der Waals surface area contributed by atoms with Gasteiger partial charge in [-0.1, -0.05) is 19.3 Å². The maximum Gasteiger partial charge on any atom is 0.326 e. The Hall–Kier alpha value is -1.59. The molecule has 20 heavy (non-hydrogen) atoms. The van der Waals surface area contributed by atoms with Crippen molar-refractivity contribution < 1.29 is 19.5 Å². The van der Waals surface area contributed by atoms with E-state index in [1.165, 1.54) is 11.3 Å². The summed E-state index contributed by atoms with van der Waals surface area (Å²) >= 11 is 0.